The largest absolute Gasteiger partial charge is 0.573 e. The molecule has 1 aromatic carbocycles. The summed E-state index contributed by atoms with van der Waals surface area (Å²) in [4.78, 5) is 33.3. The maximum absolute atomic E-state index is 12.6. The van der Waals surface area contributed by atoms with E-state index in [0.717, 1.165) is 13.0 Å². The summed E-state index contributed by atoms with van der Waals surface area (Å²) in [7, 11) is -4.80. The highest BCUT2D eigenvalue weighted by molar-refractivity contribution is 7.90. The molecule has 0 saturated carbocycles. The first kappa shape index (κ1) is 21.1. The smallest absolute Gasteiger partial charge is 0.480 e. The molecule has 0 fully saturated rings. The number of benzene rings is 1. The molecule has 1 aromatic rings. The zero-order valence-electron chi connectivity index (χ0n) is 14.1. The summed E-state index contributed by atoms with van der Waals surface area (Å²) in [6.07, 6.45) is -5.24. The molecule has 2 amide bonds. The molecule has 28 heavy (non-hydrogen) atoms. The van der Waals surface area contributed by atoms with E-state index in [1.165, 1.54) is 11.6 Å². The number of carboxylic acids is 1. The number of carboxylic acid groups (broad SMARTS) is 1. The van der Waals surface area contributed by atoms with Crippen LogP contribution in [-0.2, 0) is 24.4 Å². The Balaban J connectivity index is 2.58. The topological polar surface area (TPSA) is 142 Å². The Labute approximate surface area is 155 Å². The van der Waals surface area contributed by atoms with Crippen molar-refractivity contribution in [3.05, 3.63) is 18.2 Å². The van der Waals surface area contributed by atoms with Crippen LogP contribution in [0.5, 0.6) is 5.75 Å². The third-order valence-corrected chi connectivity index (χ3v) is 4.80. The van der Waals surface area contributed by atoms with Crippen molar-refractivity contribution in [1.29, 1.82) is 0 Å². The number of anilines is 1. The van der Waals surface area contributed by atoms with Gasteiger partial charge in [0.15, 0.2) is 5.92 Å². The molecule has 10 nitrogen and oxygen atoms in total. The molecule has 0 bridgehead atoms. The van der Waals surface area contributed by atoms with Crippen molar-refractivity contribution in [3.8, 4) is 5.75 Å². The van der Waals surface area contributed by atoms with Gasteiger partial charge in [-0.3, -0.25) is 14.4 Å². The molecule has 0 spiro atoms. The predicted molar refractivity (Wildman–Crippen MR) is 85.8 cm³/mol. The van der Waals surface area contributed by atoms with Crippen molar-refractivity contribution < 1.29 is 45.8 Å². The molecule has 1 aliphatic rings. The van der Waals surface area contributed by atoms with E-state index in [2.05, 4.69) is 9.84 Å². The summed E-state index contributed by atoms with van der Waals surface area (Å²) >= 11 is 0. The second-order valence-electron chi connectivity index (χ2n) is 5.50. The highest BCUT2D eigenvalue weighted by Crippen LogP contribution is 2.34. The summed E-state index contributed by atoms with van der Waals surface area (Å²) in [5.74, 6) is -6.41. The van der Waals surface area contributed by atoms with Gasteiger partial charge in [-0.15, -0.1) is 13.2 Å². The fourth-order valence-electron chi connectivity index (χ4n) is 2.33. The average molecular weight is 423 g/mol. The number of aliphatic carboxylic acids is 1. The Hall–Kier alpha value is -3.16. The molecule has 1 heterocycles. The molecule has 0 saturated heterocycles. The van der Waals surface area contributed by atoms with Gasteiger partial charge in [0.25, 0.3) is 15.9 Å². The number of hydrogen-bond acceptors (Lipinski definition) is 7. The van der Waals surface area contributed by atoms with E-state index < -0.39 is 50.7 Å². The van der Waals surface area contributed by atoms with Crippen molar-refractivity contribution in [2.24, 2.45) is 11.0 Å². The number of nitrogens with zero attached hydrogens (tertiary/aromatic N) is 2. The lowest BCUT2D eigenvalue weighted by atomic mass is 10.1. The second-order valence-corrected chi connectivity index (χ2v) is 7.15. The first-order chi connectivity index (χ1) is 12.7. The summed E-state index contributed by atoms with van der Waals surface area (Å²) < 4.78 is 67.3. The third-order valence-electron chi connectivity index (χ3n) is 3.34. The summed E-state index contributed by atoms with van der Waals surface area (Å²) in [6.45, 7) is 2.06. The molecular formula is C14H12F3N3O7S. The van der Waals surface area contributed by atoms with E-state index in [0.29, 0.717) is 17.1 Å². The van der Waals surface area contributed by atoms with Crippen LogP contribution in [0.4, 0.5) is 18.9 Å². The van der Waals surface area contributed by atoms with Crippen molar-refractivity contribution >= 4 is 39.2 Å². The molecule has 1 unspecified atom stereocenters. The van der Waals surface area contributed by atoms with Gasteiger partial charge in [-0.1, -0.05) is 0 Å². The average Bonchev–Trinajstić information content (AvgIpc) is 2.79. The fourth-order valence-corrected chi connectivity index (χ4v) is 3.47. The Morgan fingerprint density at radius 3 is 2.39 bits per heavy atom. The maximum Gasteiger partial charge on any atom is 0.573 e. The number of alkyl halides is 3. The lowest BCUT2D eigenvalue weighted by molar-refractivity contribution is -0.275. The normalized spacial score (nSPS) is 17.3. The van der Waals surface area contributed by atoms with Gasteiger partial charge < -0.3 is 9.84 Å². The minimum absolute atomic E-state index is 0.112. The van der Waals surface area contributed by atoms with E-state index in [1.807, 2.05) is 0 Å². The van der Waals surface area contributed by atoms with Crippen LogP contribution in [0.25, 0.3) is 0 Å². The van der Waals surface area contributed by atoms with Crippen LogP contribution in [0.3, 0.4) is 0 Å². The molecule has 2 rings (SSSR count). The number of carbonyl (C=O) groups is 3. The van der Waals surface area contributed by atoms with Gasteiger partial charge in [0.1, 0.15) is 10.6 Å². The molecular weight excluding hydrogens is 411 g/mol. The van der Waals surface area contributed by atoms with Crippen LogP contribution < -0.4 is 14.5 Å². The molecule has 0 aliphatic carbocycles. The SMILES string of the molecule is CC(=O)NS(=O)(=O)c1cc(N2N=C(C)C(C(=O)O)C2=O)ccc1OC(F)(F)F. The fraction of sp³-hybridized carbons (Fsp3) is 0.286. The van der Waals surface area contributed by atoms with Crippen LogP contribution >= 0.6 is 0 Å². The van der Waals surface area contributed by atoms with Gasteiger partial charge in [0.05, 0.1) is 11.4 Å². The number of sulfonamides is 1. The molecule has 0 radical (unpaired) electrons. The number of ether oxygens (including phenoxy) is 1. The summed E-state index contributed by atoms with van der Waals surface area (Å²) in [5.41, 5.74) is -0.453. The van der Waals surface area contributed by atoms with Crippen LogP contribution in [0.15, 0.2) is 28.2 Å². The number of hydrazone groups is 1. The second kappa shape index (κ2) is 7.10. The molecule has 2 N–H and O–H groups in total. The summed E-state index contributed by atoms with van der Waals surface area (Å²) in [6, 6.07) is 2.09. The predicted octanol–water partition coefficient (Wildman–Crippen LogP) is 0.833. The number of amides is 2. The Bertz CT molecular complexity index is 988. The highest BCUT2D eigenvalue weighted by Gasteiger charge is 2.41. The summed E-state index contributed by atoms with van der Waals surface area (Å²) in [5, 5.41) is 13.3. The van der Waals surface area contributed by atoms with Crippen LogP contribution in [0, 0.1) is 5.92 Å². The van der Waals surface area contributed by atoms with Gasteiger partial charge in [0.2, 0.25) is 5.91 Å². The number of hydrogen-bond donors (Lipinski definition) is 2. The van der Waals surface area contributed by atoms with Gasteiger partial charge in [0, 0.05) is 6.92 Å². The Kier molecular flexibility index (Phi) is 5.36. The Morgan fingerprint density at radius 2 is 1.93 bits per heavy atom. The van der Waals surface area contributed by atoms with E-state index in [9.17, 15) is 36.0 Å². The first-order valence-electron chi connectivity index (χ1n) is 7.28. The van der Waals surface area contributed by atoms with Gasteiger partial charge in [-0.2, -0.15) is 10.1 Å². The van der Waals surface area contributed by atoms with Crippen LogP contribution in [-0.4, -0.2) is 43.4 Å². The van der Waals surface area contributed by atoms with Gasteiger partial charge in [-0.25, -0.2) is 13.1 Å². The molecule has 1 atom stereocenters. The van der Waals surface area contributed by atoms with E-state index in [-0.39, 0.29) is 11.4 Å². The maximum atomic E-state index is 12.6. The molecule has 14 heteroatoms. The standard InChI is InChI=1S/C14H12F3N3O7S/c1-6-11(13(23)24)12(22)20(18-6)8-3-4-9(27-14(15,16)17)10(5-8)28(25,26)19-7(2)21/h3-5,11H,1-2H3,(H,19,21)(H,23,24). The van der Waals surface area contributed by atoms with Crippen molar-refractivity contribution in [1.82, 2.24) is 4.72 Å². The first-order valence-corrected chi connectivity index (χ1v) is 8.76. The van der Waals surface area contributed by atoms with E-state index in [4.69, 9.17) is 5.11 Å². The molecule has 1 aliphatic heterocycles. The van der Waals surface area contributed by atoms with E-state index >= 15 is 0 Å². The minimum Gasteiger partial charge on any atom is -0.480 e. The monoisotopic (exact) mass is 423 g/mol. The molecule has 0 aromatic heterocycles. The number of rotatable bonds is 5. The van der Waals surface area contributed by atoms with Crippen molar-refractivity contribution in [2.75, 3.05) is 5.01 Å². The molecule has 152 valence electrons. The lowest BCUT2D eigenvalue weighted by Crippen LogP contribution is -2.33. The minimum atomic E-state index is -5.24. The zero-order valence-corrected chi connectivity index (χ0v) is 15.0. The van der Waals surface area contributed by atoms with Gasteiger partial charge >= 0.3 is 12.3 Å². The number of halogens is 3. The number of carbonyl (C=O) groups excluding carboxylic acids is 2. The van der Waals surface area contributed by atoms with Crippen LogP contribution in [0.2, 0.25) is 0 Å². The third kappa shape index (κ3) is 4.39. The lowest BCUT2D eigenvalue weighted by Gasteiger charge is -2.18. The Morgan fingerprint density at radius 1 is 1.32 bits per heavy atom. The number of nitrogens with one attached hydrogen (secondary N) is 1. The quantitative estimate of drug-likeness (QED) is 0.668. The highest BCUT2D eigenvalue weighted by atomic mass is 32.2. The van der Waals surface area contributed by atoms with Gasteiger partial charge in [-0.05, 0) is 25.1 Å². The zero-order chi connectivity index (χ0) is 21.4. The van der Waals surface area contributed by atoms with E-state index in [1.54, 1.807) is 0 Å². The van der Waals surface area contributed by atoms with Crippen molar-refractivity contribution in [3.63, 3.8) is 0 Å². The van der Waals surface area contributed by atoms with Crippen LogP contribution in [0.1, 0.15) is 13.8 Å². The van der Waals surface area contributed by atoms with Crippen molar-refractivity contribution in [2.45, 2.75) is 25.1 Å².